The molecule has 4 rings (SSSR count). The zero-order valence-corrected chi connectivity index (χ0v) is 14.3. The lowest BCUT2D eigenvalue weighted by Crippen LogP contribution is -2.37. The van der Waals surface area contributed by atoms with Crippen LogP contribution in [0.15, 0.2) is 48.9 Å². The number of benzene rings is 1. The van der Waals surface area contributed by atoms with Gasteiger partial charge in [0.15, 0.2) is 0 Å². The molecule has 0 bridgehead atoms. The van der Waals surface area contributed by atoms with Crippen molar-refractivity contribution in [2.24, 2.45) is 0 Å². The Hall–Kier alpha value is -3.22. The second-order valence-electron chi connectivity index (χ2n) is 6.24. The molecule has 132 valence electrons. The smallest absolute Gasteiger partial charge is 0.271 e. The number of fused-ring (bicyclic) bond motifs is 2. The number of nitrogens with zero attached hydrogens (tertiary/aromatic N) is 4. The van der Waals surface area contributed by atoms with Crippen molar-refractivity contribution in [3.63, 3.8) is 0 Å². The molecule has 2 aromatic heterocycles. The summed E-state index contributed by atoms with van der Waals surface area (Å²) in [5, 5.41) is 2.76. The Labute approximate surface area is 150 Å². The van der Waals surface area contributed by atoms with Crippen LogP contribution in [0.3, 0.4) is 0 Å². The van der Waals surface area contributed by atoms with E-state index >= 15 is 0 Å². The van der Waals surface area contributed by atoms with Gasteiger partial charge in [-0.2, -0.15) is 0 Å². The first-order valence-corrected chi connectivity index (χ1v) is 8.68. The SMILES string of the molecule is O=C(NCCC(=O)N1CCCc2ccccc21)c1cn2cccnc2n1. The van der Waals surface area contributed by atoms with Crippen LogP contribution in [0.25, 0.3) is 5.78 Å². The molecule has 7 nitrogen and oxygen atoms in total. The van der Waals surface area contributed by atoms with Gasteiger partial charge < -0.3 is 10.2 Å². The van der Waals surface area contributed by atoms with Crippen molar-refractivity contribution in [1.82, 2.24) is 19.7 Å². The van der Waals surface area contributed by atoms with Crippen LogP contribution >= 0.6 is 0 Å². The van der Waals surface area contributed by atoms with Gasteiger partial charge in [-0.05, 0) is 30.5 Å². The Kier molecular flexibility index (Phi) is 4.35. The molecule has 0 spiro atoms. The molecule has 0 saturated carbocycles. The summed E-state index contributed by atoms with van der Waals surface area (Å²) >= 11 is 0. The molecule has 0 fully saturated rings. The summed E-state index contributed by atoms with van der Waals surface area (Å²) in [5.74, 6) is 0.190. The van der Waals surface area contributed by atoms with E-state index in [1.54, 1.807) is 29.1 Å². The minimum atomic E-state index is -0.303. The lowest BCUT2D eigenvalue weighted by Gasteiger charge is -2.29. The number of carbonyl (C=O) groups excluding carboxylic acids is 2. The van der Waals surface area contributed by atoms with Crippen molar-refractivity contribution in [3.05, 3.63) is 60.2 Å². The van der Waals surface area contributed by atoms with Crippen molar-refractivity contribution in [2.75, 3.05) is 18.0 Å². The molecule has 7 heteroatoms. The zero-order chi connectivity index (χ0) is 17.9. The van der Waals surface area contributed by atoms with Gasteiger partial charge in [-0.1, -0.05) is 18.2 Å². The average Bonchev–Trinajstić information content (AvgIpc) is 3.11. The number of para-hydroxylation sites is 1. The summed E-state index contributed by atoms with van der Waals surface area (Å²) in [4.78, 5) is 34.9. The number of aromatic nitrogens is 3. The van der Waals surface area contributed by atoms with Gasteiger partial charge in [-0.25, -0.2) is 9.97 Å². The number of aryl methyl sites for hydroxylation is 1. The monoisotopic (exact) mass is 349 g/mol. The van der Waals surface area contributed by atoms with Gasteiger partial charge in [-0.15, -0.1) is 0 Å². The second kappa shape index (κ2) is 6.95. The van der Waals surface area contributed by atoms with E-state index in [2.05, 4.69) is 21.4 Å². The quantitative estimate of drug-likeness (QED) is 0.779. The fraction of sp³-hybridized carbons (Fsp3) is 0.263. The summed E-state index contributed by atoms with van der Waals surface area (Å²) in [6.45, 7) is 1.000. The van der Waals surface area contributed by atoms with E-state index < -0.39 is 0 Å². The maximum absolute atomic E-state index is 12.6. The van der Waals surface area contributed by atoms with Gasteiger partial charge in [0.05, 0.1) is 0 Å². The van der Waals surface area contributed by atoms with E-state index in [0.29, 0.717) is 11.5 Å². The Morgan fingerprint density at radius 2 is 2.08 bits per heavy atom. The van der Waals surface area contributed by atoms with Crippen LogP contribution in [0.5, 0.6) is 0 Å². The van der Waals surface area contributed by atoms with Crippen LogP contribution in [-0.2, 0) is 11.2 Å². The number of carbonyl (C=O) groups is 2. The number of anilines is 1. The van der Waals surface area contributed by atoms with E-state index in [9.17, 15) is 9.59 Å². The summed E-state index contributed by atoms with van der Waals surface area (Å²) in [7, 11) is 0. The average molecular weight is 349 g/mol. The van der Waals surface area contributed by atoms with Crippen LogP contribution in [0.2, 0.25) is 0 Å². The van der Waals surface area contributed by atoms with E-state index in [1.807, 2.05) is 23.1 Å². The minimum absolute atomic E-state index is 0.0223. The minimum Gasteiger partial charge on any atom is -0.350 e. The number of hydrogen-bond donors (Lipinski definition) is 1. The van der Waals surface area contributed by atoms with Gasteiger partial charge >= 0.3 is 0 Å². The first-order valence-electron chi connectivity index (χ1n) is 8.68. The highest BCUT2D eigenvalue weighted by Gasteiger charge is 2.22. The van der Waals surface area contributed by atoms with Gasteiger partial charge in [-0.3, -0.25) is 14.0 Å². The number of hydrogen-bond acceptors (Lipinski definition) is 4. The van der Waals surface area contributed by atoms with E-state index in [1.165, 1.54) is 5.56 Å². The second-order valence-corrected chi connectivity index (χ2v) is 6.24. The first kappa shape index (κ1) is 16.3. The summed E-state index contributed by atoms with van der Waals surface area (Å²) in [6, 6.07) is 9.76. The number of rotatable bonds is 4. The van der Waals surface area contributed by atoms with Crippen molar-refractivity contribution in [2.45, 2.75) is 19.3 Å². The predicted octanol–water partition coefficient (Wildman–Crippen LogP) is 1.83. The molecule has 3 heterocycles. The highest BCUT2D eigenvalue weighted by molar-refractivity contribution is 5.96. The molecular weight excluding hydrogens is 330 g/mol. The molecule has 1 aliphatic rings. The lowest BCUT2D eigenvalue weighted by atomic mass is 10.0. The fourth-order valence-electron chi connectivity index (χ4n) is 3.24. The third kappa shape index (κ3) is 3.15. The molecule has 1 N–H and O–H groups in total. The van der Waals surface area contributed by atoms with Crippen molar-refractivity contribution >= 4 is 23.3 Å². The Morgan fingerprint density at radius 1 is 1.19 bits per heavy atom. The van der Waals surface area contributed by atoms with Gasteiger partial charge in [0.25, 0.3) is 5.91 Å². The molecule has 0 atom stereocenters. The van der Waals surface area contributed by atoms with E-state index in [4.69, 9.17) is 0 Å². The summed E-state index contributed by atoms with van der Waals surface area (Å²) < 4.78 is 1.69. The normalized spacial score (nSPS) is 13.5. The van der Waals surface area contributed by atoms with Gasteiger partial charge in [0, 0.05) is 43.8 Å². The molecule has 1 aromatic carbocycles. The standard InChI is InChI=1S/C19H19N5O2/c25-17(24-12-3-6-14-5-1-2-7-16(14)24)8-10-20-18(26)15-13-23-11-4-9-21-19(23)22-15/h1-2,4-5,7,9,11,13H,3,6,8,10,12H2,(H,20,26). The Balaban J connectivity index is 1.36. The molecule has 1 aliphatic heterocycles. The van der Waals surface area contributed by atoms with Gasteiger partial charge in [0.2, 0.25) is 11.7 Å². The van der Waals surface area contributed by atoms with E-state index in [-0.39, 0.29) is 24.8 Å². The number of amides is 2. The summed E-state index contributed by atoms with van der Waals surface area (Å²) in [5.41, 5.74) is 2.48. The molecule has 0 saturated heterocycles. The highest BCUT2D eigenvalue weighted by Crippen LogP contribution is 2.26. The highest BCUT2D eigenvalue weighted by atomic mass is 16.2. The van der Waals surface area contributed by atoms with Crippen molar-refractivity contribution in [1.29, 1.82) is 0 Å². The zero-order valence-electron chi connectivity index (χ0n) is 14.3. The molecule has 0 aliphatic carbocycles. The fourth-order valence-corrected chi connectivity index (χ4v) is 3.24. The van der Waals surface area contributed by atoms with Crippen molar-refractivity contribution in [3.8, 4) is 0 Å². The molecule has 2 amide bonds. The van der Waals surface area contributed by atoms with Crippen LogP contribution in [0.4, 0.5) is 5.69 Å². The predicted molar refractivity (Wildman–Crippen MR) is 97.1 cm³/mol. The van der Waals surface area contributed by atoms with Crippen LogP contribution < -0.4 is 10.2 Å². The summed E-state index contributed by atoms with van der Waals surface area (Å²) in [6.07, 6.45) is 7.25. The van der Waals surface area contributed by atoms with Crippen LogP contribution in [0, 0.1) is 0 Å². The first-order chi connectivity index (χ1) is 12.7. The van der Waals surface area contributed by atoms with E-state index in [0.717, 1.165) is 25.1 Å². The third-order valence-corrected chi connectivity index (χ3v) is 4.50. The maximum atomic E-state index is 12.6. The molecule has 0 radical (unpaired) electrons. The number of imidazole rings is 1. The van der Waals surface area contributed by atoms with Crippen LogP contribution in [-0.4, -0.2) is 39.3 Å². The number of nitrogens with one attached hydrogen (secondary N) is 1. The lowest BCUT2D eigenvalue weighted by molar-refractivity contribution is -0.118. The van der Waals surface area contributed by atoms with Gasteiger partial charge in [0.1, 0.15) is 5.69 Å². The third-order valence-electron chi connectivity index (χ3n) is 4.50. The molecular formula is C19H19N5O2. The maximum Gasteiger partial charge on any atom is 0.271 e. The Bertz CT molecular complexity index is 932. The molecule has 0 unspecified atom stereocenters. The Morgan fingerprint density at radius 3 is 2.96 bits per heavy atom. The topological polar surface area (TPSA) is 79.6 Å². The largest absolute Gasteiger partial charge is 0.350 e. The molecule has 3 aromatic rings. The molecule has 26 heavy (non-hydrogen) atoms. The van der Waals surface area contributed by atoms with Crippen LogP contribution in [0.1, 0.15) is 28.9 Å². The van der Waals surface area contributed by atoms with Crippen molar-refractivity contribution < 1.29 is 9.59 Å².